The monoisotopic (exact) mass is 376 g/mol. The number of nitrogens with zero attached hydrogens (tertiary/aromatic N) is 3. The van der Waals surface area contributed by atoms with E-state index < -0.39 is 0 Å². The van der Waals surface area contributed by atoms with Crippen molar-refractivity contribution in [3.8, 4) is 0 Å². The second-order valence-electron chi connectivity index (χ2n) is 7.70. The molecule has 7 nitrogen and oxygen atoms in total. The highest BCUT2D eigenvalue weighted by atomic mass is 16.5. The van der Waals surface area contributed by atoms with Crippen LogP contribution in [0.1, 0.15) is 25.7 Å². The van der Waals surface area contributed by atoms with Gasteiger partial charge in [-0.05, 0) is 37.8 Å². The fourth-order valence-corrected chi connectivity index (χ4v) is 3.58. The third-order valence-electron chi connectivity index (χ3n) is 5.26. The largest absolute Gasteiger partial charge is 0.381 e. The van der Waals surface area contributed by atoms with Crippen LogP contribution in [0.3, 0.4) is 0 Å². The normalized spacial score (nSPS) is 23.1. The molecule has 2 fully saturated rings. The first-order valence-corrected chi connectivity index (χ1v) is 9.95. The number of aromatic nitrogens is 1. The van der Waals surface area contributed by atoms with Gasteiger partial charge in [0, 0.05) is 45.8 Å². The maximum atomic E-state index is 12.4. The predicted molar refractivity (Wildman–Crippen MR) is 106 cm³/mol. The fourth-order valence-electron chi connectivity index (χ4n) is 3.58. The molecule has 0 radical (unpaired) electrons. The van der Waals surface area contributed by atoms with Crippen LogP contribution in [0, 0.1) is 5.92 Å². The smallest absolute Gasteiger partial charge is 0.248 e. The quantitative estimate of drug-likeness (QED) is 0.785. The zero-order valence-corrected chi connectivity index (χ0v) is 16.5. The Morgan fingerprint density at radius 1 is 1.33 bits per heavy atom. The third-order valence-corrected chi connectivity index (χ3v) is 5.26. The maximum absolute atomic E-state index is 12.4. The molecule has 1 aromatic rings. The summed E-state index contributed by atoms with van der Waals surface area (Å²) in [5.41, 5.74) is 1.03. The van der Waals surface area contributed by atoms with Crippen molar-refractivity contribution in [1.29, 1.82) is 0 Å². The molecule has 0 aromatic carbocycles. The summed E-state index contributed by atoms with van der Waals surface area (Å²) in [6.45, 7) is 3.97. The van der Waals surface area contributed by atoms with Crippen molar-refractivity contribution in [2.24, 2.45) is 5.92 Å². The summed E-state index contributed by atoms with van der Waals surface area (Å²) in [7, 11) is 3.97. The van der Waals surface area contributed by atoms with Crippen molar-refractivity contribution in [1.82, 2.24) is 9.88 Å². The van der Waals surface area contributed by atoms with Crippen LogP contribution >= 0.6 is 0 Å². The van der Waals surface area contributed by atoms with E-state index in [0.717, 1.165) is 63.5 Å². The lowest BCUT2D eigenvalue weighted by molar-refractivity contribution is -0.136. The van der Waals surface area contributed by atoms with Crippen LogP contribution in [0.25, 0.3) is 0 Å². The molecule has 1 aromatic heterocycles. The van der Waals surface area contributed by atoms with E-state index in [0.29, 0.717) is 18.6 Å². The van der Waals surface area contributed by atoms with E-state index in [9.17, 15) is 4.79 Å². The minimum absolute atomic E-state index is 0.103. The number of anilines is 2. The SMILES string of the molecule is CN(C)c1ccc(N[C@H]2CCCN(C(=O)COC[C@H]3CCOC3)CC2)cn1. The number of nitrogens with one attached hydrogen (secondary N) is 1. The average molecular weight is 377 g/mol. The summed E-state index contributed by atoms with van der Waals surface area (Å²) >= 11 is 0. The summed E-state index contributed by atoms with van der Waals surface area (Å²) in [5.74, 6) is 1.50. The van der Waals surface area contributed by atoms with Gasteiger partial charge in [0.2, 0.25) is 5.91 Å². The molecule has 27 heavy (non-hydrogen) atoms. The number of carbonyl (C=O) groups excluding carboxylic acids is 1. The van der Waals surface area contributed by atoms with E-state index in [1.807, 2.05) is 36.2 Å². The summed E-state index contributed by atoms with van der Waals surface area (Å²) in [4.78, 5) is 20.8. The summed E-state index contributed by atoms with van der Waals surface area (Å²) in [5, 5.41) is 3.56. The number of rotatable bonds is 7. The molecule has 2 saturated heterocycles. The molecule has 0 bridgehead atoms. The van der Waals surface area contributed by atoms with Crippen LogP contribution in [0.2, 0.25) is 0 Å². The first-order chi connectivity index (χ1) is 13.1. The van der Waals surface area contributed by atoms with E-state index in [4.69, 9.17) is 9.47 Å². The number of amides is 1. The molecule has 7 heteroatoms. The first-order valence-electron chi connectivity index (χ1n) is 9.95. The third kappa shape index (κ3) is 6.07. The van der Waals surface area contributed by atoms with Crippen molar-refractivity contribution in [2.45, 2.75) is 31.7 Å². The van der Waals surface area contributed by atoms with Crippen LogP contribution < -0.4 is 10.2 Å². The summed E-state index contributed by atoms with van der Waals surface area (Å²) < 4.78 is 11.0. The van der Waals surface area contributed by atoms with Crippen LogP contribution in [-0.4, -0.2) is 75.4 Å². The average Bonchev–Trinajstić information content (AvgIpc) is 3.07. The van der Waals surface area contributed by atoms with E-state index in [1.165, 1.54) is 0 Å². The summed E-state index contributed by atoms with van der Waals surface area (Å²) in [6.07, 6.45) is 5.92. The number of ether oxygens (including phenoxy) is 2. The predicted octanol–water partition coefficient (Wildman–Crippen LogP) is 1.99. The number of hydrogen-bond donors (Lipinski definition) is 1. The number of hydrogen-bond acceptors (Lipinski definition) is 6. The van der Waals surface area contributed by atoms with Gasteiger partial charge in [0.05, 0.1) is 25.1 Å². The highest BCUT2D eigenvalue weighted by Gasteiger charge is 2.22. The molecule has 2 aliphatic rings. The van der Waals surface area contributed by atoms with Gasteiger partial charge < -0.3 is 24.6 Å². The zero-order valence-electron chi connectivity index (χ0n) is 16.5. The zero-order chi connectivity index (χ0) is 19.1. The molecule has 0 unspecified atom stereocenters. The minimum Gasteiger partial charge on any atom is -0.381 e. The van der Waals surface area contributed by atoms with Gasteiger partial charge in [0.1, 0.15) is 12.4 Å². The second-order valence-corrected chi connectivity index (χ2v) is 7.70. The van der Waals surface area contributed by atoms with Gasteiger partial charge in [-0.2, -0.15) is 0 Å². The van der Waals surface area contributed by atoms with E-state index >= 15 is 0 Å². The first kappa shape index (κ1) is 19.9. The fraction of sp³-hybridized carbons (Fsp3) is 0.700. The topological polar surface area (TPSA) is 66.9 Å². The van der Waals surface area contributed by atoms with E-state index in [2.05, 4.69) is 16.4 Å². The van der Waals surface area contributed by atoms with Crippen molar-refractivity contribution in [3.05, 3.63) is 18.3 Å². The van der Waals surface area contributed by atoms with Crippen molar-refractivity contribution in [3.63, 3.8) is 0 Å². The van der Waals surface area contributed by atoms with Crippen molar-refractivity contribution >= 4 is 17.4 Å². The van der Waals surface area contributed by atoms with Crippen LogP contribution in [-0.2, 0) is 14.3 Å². The Balaban J connectivity index is 1.40. The van der Waals surface area contributed by atoms with Gasteiger partial charge in [-0.1, -0.05) is 0 Å². The molecule has 3 heterocycles. The number of pyridine rings is 1. The molecular formula is C20H32N4O3. The Hall–Kier alpha value is -1.86. The molecule has 1 amide bonds. The highest BCUT2D eigenvalue weighted by molar-refractivity contribution is 5.77. The lowest BCUT2D eigenvalue weighted by Gasteiger charge is -2.21. The molecule has 2 atom stereocenters. The van der Waals surface area contributed by atoms with Gasteiger partial charge in [-0.15, -0.1) is 0 Å². The van der Waals surface area contributed by atoms with Gasteiger partial charge in [0.15, 0.2) is 0 Å². The Morgan fingerprint density at radius 2 is 2.22 bits per heavy atom. The lowest BCUT2D eigenvalue weighted by atomic mass is 10.1. The maximum Gasteiger partial charge on any atom is 0.248 e. The second kappa shape index (κ2) is 9.90. The Kier molecular flexibility index (Phi) is 7.29. The van der Waals surface area contributed by atoms with Crippen molar-refractivity contribution < 1.29 is 14.3 Å². The number of carbonyl (C=O) groups is 1. The van der Waals surface area contributed by atoms with Crippen LogP contribution in [0.4, 0.5) is 11.5 Å². The molecule has 0 aliphatic carbocycles. The molecule has 1 N–H and O–H groups in total. The Labute approximate surface area is 162 Å². The Bertz CT molecular complexity index is 587. The van der Waals surface area contributed by atoms with Gasteiger partial charge in [-0.3, -0.25) is 4.79 Å². The summed E-state index contributed by atoms with van der Waals surface area (Å²) in [6, 6.07) is 4.45. The van der Waals surface area contributed by atoms with E-state index in [-0.39, 0.29) is 12.5 Å². The molecular weight excluding hydrogens is 344 g/mol. The highest BCUT2D eigenvalue weighted by Crippen LogP contribution is 2.18. The van der Waals surface area contributed by atoms with Crippen LogP contribution in [0.15, 0.2) is 18.3 Å². The van der Waals surface area contributed by atoms with Gasteiger partial charge in [-0.25, -0.2) is 4.98 Å². The van der Waals surface area contributed by atoms with Crippen molar-refractivity contribution in [2.75, 3.05) is 63.8 Å². The Morgan fingerprint density at radius 3 is 2.93 bits per heavy atom. The van der Waals surface area contributed by atoms with Crippen LogP contribution in [0.5, 0.6) is 0 Å². The molecule has 2 aliphatic heterocycles. The molecule has 150 valence electrons. The van der Waals surface area contributed by atoms with Gasteiger partial charge in [0.25, 0.3) is 0 Å². The van der Waals surface area contributed by atoms with Gasteiger partial charge >= 0.3 is 0 Å². The lowest BCUT2D eigenvalue weighted by Crippen LogP contribution is -2.35. The minimum atomic E-state index is 0.103. The molecule has 0 spiro atoms. The molecule has 0 saturated carbocycles. The molecule has 3 rings (SSSR count). The van der Waals surface area contributed by atoms with E-state index in [1.54, 1.807) is 0 Å². The standard InChI is InChI=1S/C20H32N4O3/c1-23(2)19-6-5-18(12-21-19)22-17-4-3-9-24(10-7-17)20(25)15-27-14-16-8-11-26-13-16/h5-6,12,16-17,22H,3-4,7-11,13-15H2,1-2H3/t16-,17-/m0/s1. The number of likely N-dealkylation sites (tertiary alicyclic amines) is 1.